The Hall–Kier alpha value is -1.91. The number of hydrogen-bond donors (Lipinski definition) is 1. The number of benzene rings is 1. The van der Waals surface area contributed by atoms with Crippen molar-refractivity contribution in [2.24, 2.45) is 0 Å². The van der Waals surface area contributed by atoms with E-state index in [9.17, 15) is 4.39 Å². The average Bonchev–Trinajstić information content (AvgIpc) is 2.70. The van der Waals surface area contributed by atoms with Gasteiger partial charge in [-0.3, -0.25) is 0 Å². The summed E-state index contributed by atoms with van der Waals surface area (Å²) >= 11 is 0. The molecule has 0 atom stereocenters. The van der Waals surface area contributed by atoms with Gasteiger partial charge in [-0.05, 0) is 30.7 Å². The first-order chi connectivity index (χ1) is 7.20. The molecule has 0 bridgehead atoms. The van der Waals surface area contributed by atoms with E-state index in [1.807, 2.05) is 0 Å². The summed E-state index contributed by atoms with van der Waals surface area (Å²) in [5.41, 5.74) is 1.39. The summed E-state index contributed by atoms with van der Waals surface area (Å²) in [5, 5.41) is 10.7. The average molecular weight is 206 g/mol. The van der Waals surface area contributed by atoms with Crippen molar-refractivity contribution in [3.8, 4) is 5.69 Å². The molecule has 2 rings (SSSR count). The summed E-state index contributed by atoms with van der Waals surface area (Å²) in [6.45, 7) is 1.72. The van der Waals surface area contributed by atoms with Crippen molar-refractivity contribution in [3.05, 3.63) is 35.8 Å². The number of rotatable bonds is 2. The molecule has 4 nitrogen and oxygen atoms in total. The van der Waals surface area contributed by atoms with Crippen molar-refractivity contribution in [2.75, 3.05) is 12.4 Å². The molecule has 0 radical (unpaired) electrons. The lowest BCUT2D eigenvalue weighted by atomic mass is 10.2. The zero-order valence-electron chi connectivity index (χ0n) is 8.53. The summed E-state index contributed by atoms with van der Waals surface area (Å²) in [4.78, 5) is 0. The SMILES string of the molecule is CNc1cn(-c2ccc(F)c(C)c2)nn1. The fourth-order valence-corrected chi connectivity index (χ4v) is 1.28. The molecule has 1 N–H and O–H groups in total. The van der Waals surface area contributed by atoms with Gasteiger partial charge in [0.15, 0.2) is 5.82 Å². The molecule has 0 fully saturated rings. The summed E-state index contributed by atoms with van der Waals surface area (Å²) in [6, 6.07) is 4.81. The first kappa shape index (κ1) is 9.64. The van der Waals surface area contributed by atoms with E-state index in [0.29, 0.717) is 11.4 Å². The highest BCUT2D eigenvalue weighted by atomic mass is 19.1. The van der Waals surface area contributed by atoms with Gasteiger partial charge in [0, 0.05) is 7.05 Å². The molecule has 1 aromatic heterocycles. The lowest BCUT2D eigenvalue weighted by Crippen LogP contribution is -1.96. The van der Waals surface area contributed by atoms with Gasteiger partial charge in [-0.1, -0.05) is 5.21 Å². The van der Waals surface area contributed by atoms with Crippen LogP contribution in [0.1, 0.15) is 5.56 Å². The van der Waals surface area contributed by atoms with Crippen LogP contribution in [0, 0.1) is 12.7 Å². The van der Waals surface area contributed by atoms with E-state index in [-0.39, 0.29) is 5.82 Å². The molecule has 0 aliphatic rings. The number of halogens is 1. The van der Waals surface area contributed by atoms with Crippen LogP contribution >= 0.6 is 0 Å². The first-order valence-electron chi connectivity index (χ1n) is 4.57. The molecule has 0 saturated heterocycles. The van der Waals surface area contributed by atoms with Gasteiger partial charge >= 0.3 is 0 Å². The number of nitrogens with one attached hydrogen (secondary N) is 1. The monoisotopic (exact) mass is 206 g/mol. The van der Waals surface area contributed by atoms with Crippen LogP contribution in [-0.2, 0) is 0 Å². The number of anilines is 1. The molecule has 0 amide bonds. The predicted molar refractivity (Wildman–Crippen MR) is 55.6 cm³/mol. The van der Waals surface area contributed by atoms with Gasteiger partial charge in [-0.25, -0.2) is 9.07 Å². The largest absolute Gasteiger partial charge is 0.370 e. The third kappa shape index (κ3) is 1.81. The molecular formula is C10H11FN4. The van der Waals surface area contributed by atoms with Crippen molar-refractivity contribution in [1.82, 2.24) is 15.0 Å². The lowest BCUT2D eigenvalue weighted by molar-refractivity contribution is 0.617. The van der Waals surface area contributed by atoms with Gasteiger partial charge < -0.3 is 5.32 Å². The molecule has 1 heterocycles. The van der Waals surface area contributed by atoms with Crippen LogP contribution in [0.15, 0.2) is 24.4 Å². The van der Waals surface area contributed by atoms with E-state index in [1.165, 1.54) is 6.07 Å². The maximum absolute atomic E-state index is 13.0. The Balaban J connectivity index is 2.40. The Kier molecular flexibility index (Phi) is 2.37. The first-order valence-corrected chi connectivity index (χ1v) is 4.57. The Morgan fingerprint density at radius 1 is 1.40 bits per heavy atom. The Labute approximate surface area is 86.7 Å². The molecule has 15 heavy (non-hydrogen) atoms. The highest BCUT2D eigenvalue weighted by Crippen LogP contribution is 2.13. The molecule has 0 saturated carbocycles. The van der Waals surface area contributed by atoms with Gasteiger partial charge in [0.2, 0.25) is 0 Å². The number of hydrogen-bond acceptors (Lipinski definition) is 3. The van der Waals surface area contributed by atoms with Crippen LogP contribution < -0.4 is 5.32 Å². The fraction of sp³-hybridized carbons (Fsp3) is 0.200. The van der Waals surface area contributed by atoms with Gasteiger partial charge in [0.1, 0.15) is 5.82 Å². The van der Waals surface area contributed by atoms with Crippen LogP contribution in [-0.4, -0.2) is 22.0 Å². The Morgan fingerprint density at radius 3 is 2.80 bits per heavy atom. The molecule has 0 aliphatic heterocycles. The van der Waals surface area contributed by atoms with Crippen LogP contribution in [0.3, 0.4) is 0 Å². The maximum atomic E-state index is 13.0. The van der Waals surface area contributed by atoms with Gasteiger partial charge in [-0.2, -0.15) is 0 Å². The van der Waals surface area contributed by atoms with Gasteiger partial charge in [0.05, 0.1) is 11.9 Å². The smallest absolute Gasteiger partial charge is 0.168 e. The molecule has 1 aromatic carbocycles. The number of nitrogens with zero attached hydrogens (tertiary/aromatic N) is 3. The fourth-order valence-electron chi connectivity index (χ4n) is 1.28. The molecular weight excluding hydrogens is 195 g/mol. The minimum Gasteiger partial charge on any atom is -0.370 e. The van der Waals surface area contributed by atoms with Crippen molar-refractivity contribution in [3.63, 3.8) is 0 Å². The number of aromatic nitrogens is 3. The maximum Gasteiger partial charge on any atom is 0.168 e. The van der Waals surface area contributed by atoms with E-state index < -0.39 is 0 Å². The highest BCUT2D eigenvalue weighted by Gasteiger charge is 2.03. The van der Waals surface area contributed by atoms with Crippen LogP contribution in [0.25, 0.3) is 5.69 Å². The van der Waals surface area contributed by atoms with Crippen LogP contribution in [0.2, 0.25) is 0 Å². The standard InChI is InChI=1S/C10H11FN4/c1-7-5-8(3-4-9(7)11)15-6-10(12-2)13-14-15/h3-6,12H,1-2H3. The molecule has 0 unspecified atom stereocenters. The minimum atomic E-state index is -0.215. The third-order valence-electron chi connectivity index (χ3n) is 2.16. The predicted octanol–water partition coefficient (Wildman–Crippen LogP) is 1.76. The van der Waals surface area contributed by atoms with Crippen molar-refractivity contribution < 1.29 is 4.39 Å². The van der Waals surface area contributed by atoms with Crippen LogP contribution in [0.4, 0.5) is 10.2 Å². The van der Waals surface area contributed by atoms with Crippen molar-refractivity contribution >= 4 is 5.82 Å². The van der Waals surface area contributed by atoms with Gasteiger partial charge in [-0.15, -0.1) is 5.10 Å². The summed E-state index contributed by atoms with van der Waals surface area (Å²) in [7, 11) is 1.77. The second kappa shape index (κ2) is 3.68. The Bertz CT molecular complexity index is 478. The Morgan fingerprint density at radius 2 is 2.20 bits per heavy atom. The second-order valence-corrected chi connectivity index (χ2v) is 3.23. The highest BCUT2D eigenvalue weighted by molar-refractivity contribution is 5.38. The second-order valence-electron chi connectivity index (χ2n) is 3.23. The lowest BCUT2D eigenvalue weighted by Gasteiger charge is -2.01. The van der Waals surface area contributed by atoms with E-state index in [4.69, 9.17) is 0 Å². The zero-order chi connectivity index (χ0) is 10.8. The van der Waals surface area contributed by atoms with E-state index >= 15 is 0 Å². The summed E-state index contributed by atoms with van der Waals surface area (Å²) in [6.07, 6.45) is 1.74. The minimum absolute atomic E-state index is 0.215. The molecule has 0 aliphatic carbocycles. The molecule has 2 aromatic rings. The number of aryl methyl sites for hydroxylation is 1. The third-order valence-corrected chi connectivity index (χ3v) is 2.16. The van der Waals surface area contributed by atoms with Crippen LogP contribution in [0.5, 0.6) is 0 Å². The summed E-state index contributed by atoms with van der Waals surface area (Å²) < 4.78 is 14.6. The molecule has 78 valence electrons. The van der Waals surface area contributed by atoms with E-state index in [0.717, 1.165) is 5.69 Å². The summed E-state index contributed by atoms with van der Waals surface area (Å²) in [5.74, 6) is 0.463. The molecule has 0 spiro atoms. The van der Waals surface area contributed by atoms with Gasteiger partial charge in [0.25, 0.3) is 0 Å². The van der Waals surface area contributed by atoms with Crippen molar-refractivity contribution in [1.29, 1.82) is 0 Å². The normalized spacial score (nSPS) is 10.3. The molecule has 5 heteroatoms. The van der Waals surface area contributed by atoms with E-state index in [1.54, 1.807) is 37.0 Å². The van der Waals surface area contributed by atoms with E-state index in [2.05, 4.69) is 15.6 Å². The topological polar surface area (TPSA) is 42.7 Å². The zero-order valence-corrected chi connectivity index (χ0v) is 8.53. The quantitative estimate of drug-likeness (QED) is 0.814. The van der Waals surface area contributed by atoms with Crippen molar-refractivity contribution in [2.45, 2.75) is 6.92 Å².